The van der Waals surface area contributed by atoms with Crippen LogP contribution in [0.5, 0.6) is 0 Å². The van der Waals surface area contributed by atoms with Crippen LogP contribution in [-0.2, 0) is 30.4 Å². The molecule has 3 rings (SSSR count). The molecule has 0 bridgehead atoms. The fourth-order valence-corrected chi connectivity index (χ4v) is 4.29. The summed E-state index contributed by atoms with van der Waals surface area (Å²) in [5.74, 6) is -3.88. The molecule has 2 aliphatic rings. The maximum atomic E-state index is 13.3. The molecule has 3 heterocycles. The lowest BCUT2D eigenvalue weighted by Crippen LogP contribution is -2.57. The summed E-state index contributed by atoms with van der Waals surface area (Å²) < 4.78 is 0. The molecular weight excluding hydrogens is 448 g/mol. The number of rotatable bonds is 11. The van der Waals surface area contributed by atoms with E-state index in [2.05, 4.69) is 25.9 Å². The Bertz CT molecular complexity index is 899. The molecule has 1 aromatic heterocycles. The molecule has 4 unspecified atom stereocenters. The first-order chi connectivity index (χ1) is 16.3. The molecule has 2 saturated heterocycles. The lowest BCUT2D eigenvalue weighted by molar-refractivity contribution is -0.145. The van der Waals surface area contributed by atoms with Gasteiger partial charge in [0.1, 0.15) is 18.1 Å². The van der Waals surface area contributed by atoms with Gasteiger partial charge in [-0.1, -0.05) is 0 Å². The van der Waals surface area contributed by atoms with Crippen molar-refractivity contribution in [3.8, 4) is 0 Å². The van der Waals surface area contributed by atoms with Crippen molar-refractivity contribution in [3.05, 3.63) is 18.2 Å². The molecule has 4 atom stereocenters. The highest BCUT2D eigenvalue weighted by Crippen LogP contribution is 2.20. The quantitative estimate of drug-likeness (QED) is 0.222. The zero-order valence-corrected chi connectivity index (χ0v) is 18.7. The molecule has 0 radical (unpaired) electrons. The Morgan fingerprint density at radius 1 is 1.09 bits per heavy atom. The molecule has 34 heavy (non-hydrogen) atoms. The Morgan fingerprint density at radius 3 is 2.47 bits per heavy atom. The van der Waals surface area contributed by atoms with Crippen LogP contribution in [0.25, 0.3) is 0 Å². The molecule has 186 valence electrons. The third kappa shape index (κ3) is 6.53. The predicted octanol–water partition coefficient (Wildman–Crippen LogP) is -1.39. The van der Waals surface area contributed by atoms with Crippen molar-refractivity contribution < 1.29 is 34.2 Å². The maximum Gasteiger partial charge on any atom is 0.326 e. The number of nitrogens with one attached hydrogen (secondary N) is 4. The van der Waals surface area contributed by atoms with E-state index in [4.69, 9.17) is 5.11 Å². The van der Waals surface area contributed by atoms with Crippen molar-refractivity contribution in [2.45, 2.75) is 69.1 Å². The van der Waals surface area contributed by atoms with Crippen LogP contribution in [0.1, 0.15) is 44.2 Å². The number of nitrogens with zero attached hydrogens (tertiary/aromatic N) is 2. The Labute approximate surface area is 195 Å². The lowest BCUT2D eigenvalue weighted by atomic mass is 10.1. The normalized spacial score (nSPS) is 21.6. The first-order valence-electron chi connectivity index (χ1n) is 11.3. The predicted molar refractivity (Wildman–Crippen MR) is 116 cm³/mol. The monoisotopic (exact) mass is 478 g/mol. The molecule has 0 aromatic carbocycles. The Kier molecular flexibility index (Phi) is 8.57. The summed E-state index contributed by atoms with van der Waals surface area (Å²) in [6, 6.07) is -3.68. The van der Waals surface area contributed by atoms with Gasteiger partial charge in [-0.25, -0.2) is 9.78 Å². The van der Waals surface area contributed by atoms with Crippen molar-refractivity contribution >= 4 is 29.7 Å². The Balaban J connectivity index is 1.68. The summed E-state index contributed by atoms with van der Waals surface area (Å²) in [5.41, 5.74) is 0.532. The number of aromatic amines is 1. The summed E-state index contributed by atoms with van der Waals surface area (Å²) in [6.45, 7) is 0.930. The second kappa shape index (κ2) is 11.6. The van der Waals surface area contributed by atoms with Gasteiger partial charge < -0.3 is 36.0 Å². The van der Waals surface area contributed by atoms with Gasteiger partial charge in [0.05, 0.1) is 12.4 Å². The average molecular weight is 479 g/mol. The molecule has 0 aliphatic carbocycles. The van der Waals surface area contributed by atoms with Gasteiger partial charge in [-0.15, -0.1) is 0 Å². The molecule has 6 N–H and O–H groups in total. The number of amides is 3. The van der Waals surface area contributed by atoms with E-state index >= 15 is 0 Å². The molecule has 1 aromatic rings. The van der Waals surface area contributed by atoms with Gasteiger partial charge in [0.2, 0.25) is 17.7 Å². The standard InChI is InChI=1S/C21H30N6O7/c28-17(29)6-5-14(25-18(30)13-3-1-7-23-13)20(32)27-8-2-4-16(27)19(31)26-15(21(33)34)9-12-10-22-11-24-12/h10-11,13-16,23H,1-9H2,(H,22,24)(H,25,30)(H,26,31)(H,28,29)(H,33,34). The number of H-pyrrole nitrogens is 1. The van der Waals surface area contributed by atoms with Gasteiger partial charge in [0, 0.05) is 31.3 Å². The third-order valence-corrected chi connectivity index (χ3v) is 6.07. The van der Waals surface area contributed by atoms with E-state index in [0.717, 1.165) is 6.42 Å². The van der Waals surface area contributed by atoms with Crippen molar-refractivity contribution in [2.24, 2.45) is 0 Å². The molecule has 2 aliphatic heterocycles. The minimum absolute atomic E-state index is 0.00653. The smallest absolute Gasteiger partial charge is 0.326 e. The van der Waals surface area contributed by atoms with Crippen LogP contribution in [0.2, 0.25) is 0 Å². The number of carbonyl (C=O) groups is 5. The molecular formula is C21H30N6O7. The number of aromatic nitrogens is 2. The fraction of sp³-hybridized carbons (Fsp3) is 0.619. The zero-order valence-electron chi connectivity index (χ0n) is 18.7. The second-order valence-corrected chi connectivity index (χ2v) is 8.51. The number of imidazole rings is 1. The van der Waals surface area contributed by atoms with Crippen LogP contribution in [0.3, 0.4) is 0 Å². The summed E-state index contributed by atoms with van der Waals surface area (Å²) >= 11 is 0. The van der Waals surface area contributed by atoms with E-state index in [-0.39, 0.29) is 31.7 Å². The molecule has 2 fully saturated rings. The van der Waals surface area contributed by atoms with Crippen molar-refractivity contribution in [3.63, 3.8) is 0 Å². The van der Waals surface area contributed by atoms with Gasteiger partial charge in [-0.3, -0.25) is 19.2 Å². The van der Waals surface area contributed by atoms with Crippen molar-refractivity contribution in [1.29, 1.82) is 0 Å². The lowest BCUT2D eigenvalue weighted by Gasteiger charge is -2.29. The number of hydrogen-bond acceptors (Lipinski definition) is 7. The highest BCUT2D eigenvalue weighted by Gasteiger charge is 2.39. The summed E-state index contributed by atoms with van der Waals surface area (Å²) in [4.78, 5) is 69.5. The van der Waals surface area contributed by atoms with Gasteiger partial charge in [0.15, 0.2) is 0 Å². The molecule has 3 amide bonds. The number of likely N-dealkylation sites (tertiary alicyclic amines) is 1. The van der Waals surface area contributed by atoms with E-state index in [1.165, 1.54) is 17.4 Å². The molecule has 0 spiro atoms. The van der Waals surface area contributed by atoms with Crippen molar-refractivity contribution in [2.75, 3.05) is 13.1 Å². The Hall–Kier alpha value is -3.48. The molecule has 13 heteroatoms. The van der Waals surface area contributed by atoms with Gasteiger partial charge in [-0.2, -0.15) is 0 Å². The first-order valence-corrected chi connectivity index (χ1v) is 11.3. The zero-order chi connectivity index (χ0) is 24.7. The van der Waals surface area contributed by atoms with Gasteiger partial charge in [-0.05, 0) is 38.6 Å². The number of carboxylic acids is 2. The topological polar surface area (TPSA) is 194 Å². The number of carbonyl (C=O) groups excluding carboxylic acids is 3. The fourth-order valence-electron chi connectivity index (χ4n) is 4.29. The van der Waals surface area contributed by atoms with Crippen LogP contribution < -0.4 is 16.0 Å². The Morgan fingerprint density at radius 2 is 1.85 bits per heavy atom. The average Bonchev–Trinajstić information content (AvgIpc) is 3.57. The van der Waals surface area contributed by atoms with E-state index in [0.29, 0.717) is 31.5 Å². The second-order valence-electron chi connectivity index (χ2n) is 8.51. The van der Waals surface area contributed by atoms with Crippen molar-refractivity contribution in [1.82, 2.24) is 30.8 Å². The minimum atomic E-state index is -1.23. The number of carboxylic acid groups (broad SMARTS) is 2. The number of aliphatic carboxylic acids is 2. The molecule has 13 nitrogen and oxygen atoms in total. The first kappa shape index (κ1) is 25.1. The molecule has 0 saturated carbocycles. The van der Waals surface area contributed by atoms with E-state index in [1.807, 2.05) is 0 Å². The largest absolute Gasteiger partial charge is 0.481 e. The van der Waals surface area contributed by atoms with Crippen LogP contribution >= 0.6 is 0 Å². The number of hydrogen-bond donors (Lipinski definition) is 6. The van der Waals surface area contributed by atoms with Crippen LogP contribution in [-0.4, -0.2) is 92.0 Å². The minimum Gasteiger partial charge on any atom is -0.481 e. The summed E-state index contributed by atoms with van der Waals surface area (Å²) in [5, 5.41) is 26.8. The van der Waals surface area contributed by atoms with Crippen LogP contribution in [0, 0.1) is 0 Å². The van der Waals surface area contributed by atoms with Crippen LogP contribution in [0.15, 0.2) is 12.5 Å². The SMILES string of the molecule is O=C(O)CCC(NC(=O)C1CCCN1)C(=O)N1CCCC1C(=O)NC(Cc1cnc[nH]1)C(=O)O. The van der Waals surface area contributed by atoms with Gasteiger partial charge in [0.25, 0.3) is 0 Å². The summed E-state index contributed by atoms with van der Waals surface area (Å²) in [7, 11) is 0. The highest BCUT2D eigenvalue weighted by molar-refractivity contribution is 5.94. The van der Waals surface area contributed by atoms with E-state index in [9.17, 15) is 29.1 Å². The van der Waals surface area contributed by atoms with Crippen LogP contribution in [0.4, 0.5) is 0 Å². The third-order valence-electron chi connectivity index (χ3n) is 6.07. The maximum absolute atomic E-state index is 13.3. The van der Waals surface area contributed by atoms with E-state index < -0.39 is 47.9 Å². The van der Waals surface area contributed by atoms with Gasteiger partial charge >= 0.3 is 11.9 Å². The highest BCUT2D eigenvalue weighted by atomic mass is 16.4. The summed E-state index contributed by atoms with van der Waals surface area (Å²) in [6.07, 6.45) is 4.70. The van der Waals surface area contributed by atoms with E-state index in [1.54, 1.807) is 0 Å².